The van der Waals surface area contributed by atoms with E-state index in [-0.39, 0.29) is 11.8 Å². The second-order valence-electron chi connectivity index (χ2n) is 9.80. The zero-order chi connectivity index (χ0) is 28.5. The van der Waals surface area contributed by atoms with Gasteiger partial charge >= 0.3 is 0 Å². The van der Waals surface area contributed by atoms with Crippen molar-refractivity contribution in [3.8, 4) is 22.5 Å². The van der Waals surface area contributed by atoms with E-state index in [2.05, 4.69) is 20.6 Å². The number of aromatic nitrogens is 4. The van der Waals surface area contributed by atoms with Gasteiger partial charge in [0.05, 0.1) is 22.8 Å². The van der Waals surface area contributed by atoms with Crippen LogP contribution in [0.1, 0.15) is 20.7 Å². The molecule has 4 heterocycles. The molecule has 2 N–H and O–H groups in total. The lowest BCUT2D eigenvalue weighted by Gasteiger charge is -2.13. The Kier molecular flexibility index (Phi) is 6.25. The molecule has 0 radical (unpaired) electrons. The maximum Gasteiger partial charge on any atom is 0.255 e. The highest BCUT2D eigenvalue weighted by atomic mass is 16.2. The van der Waals surface area contributed by atoms with Crippen molar-refractivity contribution in [2.45, 2.75) is 0 Å². The normalized spacial score (nSPS) is 11.0. The molecular weight excluding hydrogens is 524 g/mol. The van der Waals surface area contributed by atoms with Gasteiger partial charge in [0.1, 0.15) is 11.3 Å². The van der Waals surface area contributed by atoms with Crippen LogP contribution < -0.4 is 10.6 Å². The number of hydrogen-bond donors (Lipinski definition) is 2. The zero-order valence-corrected chi connectivity index (χ0v) is 22.3. The smallest absolute Gasteiger partial charge is 0.255 e. The fourth-order valence-corrected chi connectivity index (χ4v) is 4.88. The third-order valence-electron chi connectivity index (χ3n) is 6.99. The van der Waals surface area contributed by atoms with Crippen LogP contribution in [0.3, 0.4) is 0 Å². The van der Waals surface area contributed by atoms with E-state index in [1.54, 1.807) is 24.3 Å². The van der Waals surface area contributed by atoms with E-state index in [1.807, 2.05) is 119 Å². The average molecular weight is 549 g/mol. The van der Waals surface area contributed by atoms with E-state index in [0.717, 1.165) is 33.8 Å². The van der Waals surface area contributed by atoms with Crippen LogP contribution in [0.4, 0.5) is 11.4 Å². The Hall–Kier alpha value is -6.02. The van der Waals surface area contributed by atoms with Gasteiger partial charge in [-0.05, 0) is 60.7 Å². The van der Waals surface area contributed by atoms with Gasteiger partial charge in [-0.1, -0.05) is 48.5 Å². The maximum absolute atomic E-state index is 13.3. The molecule has 202 valence electrons. The number of para-hydroxylation sites is 2. The molecule has 2 amide bonds. The highest BCUT2D eigenvalue weighted by Crippen LogP contribution is 2.26. The summed E-state index contributed by atoms with van der Waals surface area (Å²) >= 11 is 0. The van der Waals surface area contributed by atoms with Gasteiger partial charge in [0.15, 0.2) is 0 Å². The lowest BCUT2D eigenvalue weighted by molar-refractivity contribution is 0.101. The molecule has 0 atom stereocenters. The Morgan fingerprint density at radius 2 is 0.976 bits per heavy atom. The van der Waals surface area contributed by atoms with Crippen LogP contribution in [-0.2, 0) is 0 Å². The summed E-state index contributed by atoms with van der Waals surface area (Å²) in [5, 5.41) is 5.90. The summed E-state index contributed by atoms with van der Waals surface area (Å²) < 4.78 is 3.88. The number of benzene rings is 3. The largest absolute Gasteiger partial charge is 0.320 e. The zero-order valence-electron chi connectivity index (χ0n) is 22.3. The van der Waals surface area contributed by atoms with Crippen LogP contribution in [0.15, 0.2) is 134 Å². The van der Waals surface area contributed by atoms with E-state index in [9.17, 15) is 9.59 Å². The molecule has 0 aliphatic heterocycles. The predicted octanol–water partition coefficient (Wildman–Crippen LogP) is 6.82. The number of nitrogens with one attached hydrogen (secondary N) is 2. The number of carbonyl (C=O) groups is 2. The summed E-state index contributed by atoms with van der Waals surface area (Å²) in [4.78, 5) is 35.9. The summed E-state index contributed by atoms with van der Waals surface area (Å²) in [6.45, 7) is 0. The Balaban J connectivity index is 1.10. The van der Waals surface area contributed by atoms with Gasteiger partial charge in [0.25, 0.3) is 11.8 Å². The monoisotopic (exact) mass is 548 g/mol. The highest BCUT2D eigenvalue weighted by molar-refractivity contribution is 6.10. The Labute approximate surface area is 240 Å². The molecule has 0 bridgehead atoms. The van der Waals surface area contributed by atoms with Crippen LogP contribution in [0, 0.1) is 0 Å². The van der Waals surface area contributed by atoms with Gasteiger partial charge in [-0.25, -0.2) is 9.97 Å². The first-order chi connectivity index (χ1) is 20.6. The molecule has 8 nitrogen and oxygen atoms in total. The van der Waals surface area contributed by atoms with Crippen LogP contribution in [0.5, 0.6) is 0 Å². The van der Waals surface area contributed by atoms with Crippen LogP contribution >= 0.6 is 0 Å². The highest BCUT2D eigenvalue weighted by Gasteiger charge is 2.15. The molecule has 0 saturated heterocycles. The fourth-order valence-electron chi connectivity index (χ4n) is 4.88. The first-order valence-electron chi connectivity index (χ1n) is 13.4. The summed E-state index contributed by atoms with van der Waals surface area (Å²) in [5.74, 6) is -0.590. The molecule has 8 heteroatoms. The fraction of sp³-hybridized carbons (Fsp3) is 0. The van der Waals surface area contributed by atoms with E-state index < -0.39 is 0 Å². The Morgan fingerprint density at radius 1 is 0.524 bits per heavy atom. The molecule has 0 fully saturated rings. The number of imidazole rings is 2. The molecule has 0 spiro atoms. The third kappa shape index (κ3) is 4.89. The number of nitrogens with zero attached hydrogens (tertiary/aromatic N) is 4. The van der Waals surface area contributed by atoms with Gasteiger partial charge in [0.2, 0.25) is 0 Å². The average Bonchev–Trinajstić information content (AvgIpc) is 3.67. The van der Waals surface area contributed by atoms with E-state index in [1.165, 1.54) is 0 Å². The summed E-state index contributed by atoms with van der Waals surface area (Å²) in [5.41, 5.74) is 6.81. The van der Waals surface area contributed by atoms with Crippen molar-refractivity contribution in [2.75, 3.05) is 10.6 Å². The third-order valence-corrected chi connectivity index (χ3v) is 6.99. The van der Waals surface area contributed by atoms with Crippen molar-refractivity contribution in [3.63, 3.8) is 0 Å². The number of amides is 2. The number of carbonyl (C=O) groups excluding carboxylic acids is 2. The summed E-state index contributed by atoms with van der Waals surface area (Å²) in [6.07, 6.45) is 7.73. The molecule has 0 aliphatic carbocycles. The van der Waals surface area contributed by atoms with Crippen molar-refractivity contribution in [2.24, 2.45) is 0 Å². The lowest BCUT2D eigenvalue weighted by atomic mass is 10.1. The van der Waals surface area contributed by atoms with Crippen molar-refractivity contribution in [3.05, 3.63) is 145 Å². The van der Waals surface area contributed by atoms with Gasteiger partial charge < -0.3 is 19.4 Å². The van der Waals surface area contributed by atoms with Crippen molar-refractivity contribution < 1.29 is 9.59 Å². The van der Waals surface area contributed by atoms with Crippen molar-refractivity contribution >= 4 is 34.5 Å². The lowest BCUT2D eigenvalue weighted by Crippen LogP contribution is -2.17. The van der Waals surface area contributed by atoms with Crippen LogP contribution in [-0.4, -0.2) is 30.6 Å². The van der Waals surface area contributed by atoms with E-state index in [4.69, 9.17) is 0 Å². The Morgan fingerprint density at radius 3 is 1.43 bits per heavy atom. The number of fused-ring (bicyclic) bond motifs is 2. The predicted molar refractivity (Wildman–Crippen MR) is 164 cm³/mol. The second-order valence-corrected chi connectivity index (χ2v) is 9.80. The van der Waals surface area contributed by atoms with Crippen LogP contribution in [0.25, 0.3) is 33.8 Å². The topological polar surface area (TPSA) is 92.8 Å². The van der Waals surface area contributed by atoms with Crippen LogP contribution in [0.2, 0.25) is 0 Å². The summed E-state index contributed by atoms with van der Waals surface area (Å²) in [7, 11) is 0. The molecule has 0 saturated carbocycles. The second kappa shape index (κ2) is 10.5. The molecule has 4 aromatic heterocycles. The number of anilines is 2. The Bertz CT molecular complexity index is 1890. The minimum Gasteiger partial charge on any atom is -0.320 e. The number of rotatable bonds is 6. The van der Waals surface area contributed by atoms with Crippen molar-refractivity contribution in [1.82, 2.24) is 18.8 Å². The minimum atomic E-state index is -0.295. The van der Waals surface area contributed by atoms with Gasteiger partial charge in [0, 0.05) is 47.0 Å². The van der Waals surface area contributed by atoms with Crippen molar-refractivity contribution in [1.29, 1.82) is 0 Å². The number of hydrogen-bond acceptors (Lipinski definition) is 4. The molecule has 0 unspecified atom stereocenters. The quantitative estimate of drug-likeness (QED) is 0.239. The maximum atomic E-state index is 13.3. The molecule has 0 aliphatic rings. The first kappa shape index (κ1) is 25.0. The minimum absolute atomic E-state index is 0.295. The van der Waals surface area contributed by atoms with Gasteiger partial charge in [-0.2, -0.15) is 0 Å². The molecule has 7 rings (SSSR count). The molecular formula is C34H24N6O2. The SMILES string of the molecule is O=C(Nc1ccccc1NC(=O)c1cccc(-c2cn3ccccc3n2)c1)c1cccc(-c2cn3ccccc3n2)c1. The van der Waals surface area contributed by atoms with Gasteiger partial charge in [-0.15, -0.1) is 0 Å². The first-order valence-corrected chi connectivity index (χ1v) is 13.4. The van der Waals surface area contributed by atoms with E-state index in [0.29, 0.717) is 22.5 Å². The standard InChI is InChI=1S/C34H24N6O2/c41-33(25-11-7-9-23(19-25)29-21-39-17-5-3-15-31(39)35-29)37-27-13-1-2-14-28(27)38-34(42)26-12-8-10-24(20-26)30-22-40-18-6-4-16-32(40)36-30/h1-22H,(H,37,41)(H,38,42). The van der Waals surface area contributed by atoms with Gasteiger partial charge in [-0.3, -0.25) is 9.59 Å². The number of pyridine rings is 2. The molecule has 42 heavy (non-hydrogen) atoms. The molecule has 7 aromatic rings. The van der Waals surface area contributed by atoms with E-state index >= 15 is 0 Å². The summed E-state index contributed by atoms with van der Waals surface area (Å²) in [6, 6.07) is 33.4. The molecule has 3 aromatic carbocycles.